The molecule has 0 spiro atoms. The molecule has 0 amide bonds. The summed E-state index contributed by atoms with van der Waals surface area (Å²) in [5, 5.41) is 11.0. The summed E-state index contributed by atoms with van der Waals surface area (Å²) in [6.45, 7) is 16.2. The predicted molar refractivity (Wildman–Crippen MR) is 132 cm³/mol. The number of Topliss-reactive ketones (excluding diaryl/α,β-unsaturated/α-hetero) is 1. The van der Waals surface area contributed by atoms with Crippen LogP contribution in [-0.4, -0.2) is 35.0 Å². The van der Waals surface area contributed by atoms with E-state index < -0.39 is 6.29 Å². The second kappa shape index (κ2) is 6.98. The SMILES string of the molecule is CC1(C)O[C@H]1[C@H]1C[C@@H]([C@H]2C[C@]3(C)CC[C@H]4C(=CC[C@H]5C(C)(C)C(=O)CC[C@]45C)[C@@]3(C)C2)[C@H](O)O1. The van der Waals surface area contributed by atoms with Crippen LogP contribution in [0.2, 0.25) is 0 Å². The lowest BCUT2D eigenvalue weighted by Gasteiger charge is -2.62. The molecule has 6 aliphatic rings. The molecule has 4 aliphatic carbocycles. The fraction of sp³-hybridized carbons (Fsp3) is 0.900. The summed E-state index contributed by atoms with van der Waals surface area (Å²) in [6.07, 6.45) is 10.7. The van der Waals surface area contributed by atoms with E-state index in [0.29, 0.717) is 23.5 Å². The molecule has 6 rings (SSSR count). The summed E-state index contributed by atoms with van der Waals surface area (Å²) in [6, 6.07) is 0. The molecule has 3 saturated carbocycles. The zero-order valence-corrected chi connectivity index (χ0v) is 22.4. The first-order valence-electron chi connectivity index (χ1n) is 14.0. The van der Waals surface area contributed by atoms with Gasteiger partial charge in [0.25, 0.3) is 0 Å². The lowest BCUT2D eigenvalue weighted by Crippen LogP contribution is -2.56. The van der Waals surface area contributed by atoms with Gasteiger partial charge in [-0.2, -0.15) is 0 Å². The number of carbonyl (C=O) groups is 1. The summed E-state index contributed by atoms with van der Waals surface area (Å²) in [7, 11) is 0. The zero-order chi connectivity index (χ0) is 24.5. The Balaban J connectivity index is 1.28. The van der Waals surface area contributed by atoms with Crippen molar-refractivity contribution in [3.05, 3.63) is 11.6 Å². The number of aliphatic hydroxyl groups is 1. The molecule has 2 heterocycles. The number of rotatable bonds is 2. The second-order valence-corrected chi connectivity index (χ2v) is 14.9. The normalized spacial score (nSPS) is 55.2. The highest BCUT2D eigenvalue weighted by Crippen LogP contribution is 2.72. The van der Waals surface area contributed by atoms with Crippen LogP contribution in [0.25, 0.3) is 0 Å². The number of aliphatic hydroxyl groups excluding tert-OH is 1. The molecule has 5 fully saturated rings. The summed E-state index contributed by atoms with van der Waals surface area (Å²) < 4.78 is 11.9. The Bertz CT molecular complexity index is 934. The van der Waals surface area contributed by atoms with E-state index in [-0.39, 0.29) is 45.4 Å². The van der Waals surface area contributed by atoms with E-state index in [1.807, 2.05) is 0 Å². The van der Waals surface area contributed by atoms with Gasteiger partial charge in [-0.25, -0.2) is 0 Å². The van der Waals surface area contributed by atoms with Gasteiger partial charge in [0.05, 0.1) is 11.7 Å². The van der Waals surface area contributed by atoms with E-state index in [4.69, 9.17) is 9.47 Å². The molecule has 1 N–H and O–H groups in total. The van der Waals surface area contributed by atoms with Gasteiger partial charge in [0.1, 0.15) is 11.9 Å². The number of carbonyl (C=O) groups excluding carboxylic acids is 1. The maximum absolute atomic E-state index is 12.8. The number of hydrogen-bond donors (Lipinski definition) is 1. The first-order valence-corrected chi connectivity index (χ1v) is 14.0. The van der Waals surface area contributed by atoms with Crippen molar-refractivity contribution < 1.29 is 19.4 Å². The molecule has 34 heavy (non-hydrogen) atoms. The molecule has 2 saturated heterocycles. The van der Waals surface area contributed by atoms with Crippen molar-refractivity contribution in [2.24, 2.45) is 45.3 Å². The molecule has 0 unspecified atom stereocenters. The maximum Gasteiger partial charge on any atom is 0.158 e. The minimum Gasteiger partial charge on any atom is -0.368 e. The topological polar surface area (TPSA) is 59.1 Å². The number of hydrogen-bond acceptors (Lipinski definition) is 4. The average molecular weight is 471 g/mol. The highest BCUT2D eigenvalue weighted by molar-refractivity contribution is 5.85. The van der Waals surface area contributed by atoms with E-state index in [9.17, 15) is 9.90 Å². The summed E-state index contributed by atoms with van der Waals surface area (Å²) in [5.41, 5.74) is 2.05. The lowest BCUT2D eigenvalue weighted by atomic mass is 9.42. The number of epoxide rings is 1. The van der Waals surface area contributed by atoms with Crippen molar-refractivity contribution in [2.75, 3.05) is 0 Å². The third kappa shape index (κ3) is 2.97. The minimum absolute atomic E-state index is 0.0292. The largest absolute Gasteiger partial charge is 0.368 e. The van der Waals surface area contributed by atoms with Gasteiger partial charge in [-0.3, -0.25) is 4.79 Å². The first-order chi connectivity index (χ1) is 15.7. The average Bonchev–Trinajstić information content (AvgIpc) is 3.07. The van der Waals surface area contributed by atoms with Gasteiger partial charge >= 0.3 is 0 Å². The van der Waals surface area contributed by atoms with Crippen LogP contribution in [0, 0.1) is 45.3 Å². The quantitative estimate of drug-likeness (QED) is 0.393. The molecule has 4 heteroatoms. The van der Waals surface area contributed by atoms with Crippen LogP contribution in [0.15, 0.2) is 11.6 Å². The van der Waals surface area contributed by atoms with Crippen LogP contribution in [0.5, 0.6) is 0 Å². The van der Waals surface area contributed by atoms with Crippen molar-refractivity contribution in [1.29, 1.82) is 0 Å². The van der Waals surface area contributed by atoms with Gasteiger partial charge in [-0.05, 0) is 92.8 Å². The van der Waals surface area contributed by atoms with Gasteiger partial charge in [0.2, 0.25) is 0 Å². The molecule has 0 radical (unpaired) electrons. The Morgan fingerprint density at radius 2 is 1.74 bits per heavy atom. The van der Waals surface area contributed by atoms with Crippen LogP contribution in [-0.2, 0) is 14.3 Å². The van der Waals surface area contributed by atoms with Crippen molar-refractivity contribution >= 4 is 5.78 Å². The molecule has 2 aliphatic heterocycles. The van der Waals surface area contributed by atoms with Gasteiger partial charge in [0.15, 0.2) is 6.29 Å². The van der Waals surface area contributed by atoms with E-state index in [1.54, 1.807) is 5.57 Å². The maximum atomic E-state index is 12.8. The Hall–Kier alpha value is -0.710. The first kappa shape index (κ1) is 23.7. The number of ether oxygens (including phenoxy) is 2. The van der Waals surface area contributed by atoms with Crippen LogP contribution in [0.3, 0.4) is 0 Å². The van der Waals surface area contributed by atoms with Crippen molar-refractivity contribution in [2.45, 2.75) is 124 Å². The van der Waals surface area contributed by atoms with Crippen molar-refractivity contribution in [3.8, 4) is 0 Å². The van der Waals surface area contributed by atoms with Crippen LogP contribution >= 0.6 is 0 Å². The van der Waals surface area contributed by atoms with Gasteiger partial charge in [-0.1, -0.05) is 46.3 Å². The molecule has 0 aromatic rings. The molecule has 0 aromatic heterocycles. The molecule has 4 nitrogen and oxygen atoms in total. The summed E-state index contributed by atoms with van der Waals surface area (Å²) in [5.74, 6) is 2.21. The van der Waals surface area contributed by atoms with Gasteiger partial charge in [-0.15, -0.1) is 0 Å². The number of ketones is 1. The monoisotopic (exact) mass is 470 g/mol. The second-order valence-electron chi connectivity index (χ2n) is 14.9. The number of fused-ring (bicyclic) bond motifs is 5. The Labute approximate surface area is 206 Å². The summed E-state index contributed by atoms with van der Waals surface area (Å²) in [4.78, 5) is 12.8. The smallest absolute Gasteiger partial charge is 0.158 e. The highest BCUT2D eigenvalue weighted by Gasteiger charge is 2.66. The zero-order valence-electron chi connectivity index (χ0n) is 22.4. The molecular weight excluding hydrogens is 424 g/mol. The van der Waals surface area contributed by atoms with E-state index in [1.165, 1.54) is 19.3 Å². The Morgan fingerprint density at radius 1 is 1.03 bits per heavy atom. The van der Waals surface area contributed by atoms with Crippen LogP contribution in [0.1, 0.15) is 99.8 Å². The Morgan fingerprint density at radius 3 is 2.41 bits per heavy atom. The third-order valence-corrected chi connectivity index (χ3v) is 12.5. The summed E-state index contributed by atoms with van der Waals surface area (Å²) >= 11 is 0. The molecule has 10 atom stereocenters. The van der Waals surface area contributed by atoms with E-state index in [2.05, 4.69) is 54.5 Å². The van der Waals surface area contributed by atoms with Crippen molar-refractivity contribution in [1.82, 2.24) is 0 Å². The fourth-order valence-corrected chi connectivity index (χ4v) is 10.1. The molecule has 0 aromatic carbocycles. The number of allylic oxidation sites excluding steroid dienone is 2. The predicted octanol–water partition coefficient (Wildman–Crippen LogP) is 6.06. The standard InChI is InChI=1S/C30H46O4/c1-26(2)22-9-8-20-19(29(22,6)13-11-23(26)31)10-12-28(5)15-17(16-30(20,28)7)18-14-21(33-25(18)32)24-27(3,4)34-24/h8,17-19,21-22,24-25,32H,9-16H2,1-7H3/t17-,18-,19-,21+,22-,24-,25+,28-,29+,30+/m0/s1. The van der Waals surface area contributed by atoms with Crippen LogP contribution < -0.4 is 0 Å². The highest BCUT2D eigenvalue weighted by atomic mass is 16.7. The van der Waals surface area contributed by atoms with Crippen LogP contribution in [0.4, 0.5) is 0 Å². The molecule has 190 valence electrons. The van der Waals surface area contributed by atoms with Gasteiger partial charge in [0, 0.05) is 17.8 Å². The minimum atomic E-state index is -0.662. The fourth-order valence-electron chi connectivity index (χ4n) is 10.1. The lowest BCUT2D eigenvalue weighted by molar-refractivity contribution is -0.145. The molecule has 0 bridgehead atoms. The third-order valence-electron chi connectivity index (χ3n) is 12.5. The Kier molecular flexibility index (Phi) is 4.86. The van der Waals surface area contributed by atoms with E-state index in [0.717, 1.165) is 32.1 Å². The molecular formula is C30H46O4. The van der Waals surface area contributed by atoms with Gasteiger partial charge < -0.3 is 14.6 Å². The van der Waals surface area contributed by atoms with Crippen molar-refractivity contribution in [3.63, 3.8) is 0 Å². The van der Waals surface area contributed by atoms with E-state index >= 15 is 0 Å².